The van der Waals surface area contributed by atoms with Gasteiger partial charge in [0.15, 0.2) is 0 Å². The van der Waals surface area contributed by atoms with Crippen molar-refractivity contribution < 1.29 is 19.1 Å². The average Bonchev–Trinajstić information content (AvgIpc) is 3.22. The maximum Gasteiger partial charge on any atom is 0.311 e. The van der Waals surface area contributed by atoms with E-state index in [4.69, 9.17) is 15.2 Å². The number of carbonyl (C=O) groups excluding carboxylic acids is 2. The van der Waals surface area contributed by atoms with Gasteiger partial charge < -0.3 is 20.1 Å². The van der Waals surface area contributed by atoms with Crippen LogP contribution < -0.4 is 15.4 Å². The van der Waals surface area contributed by atoms with Crippen molar-refractivity contribution in [2.24, 2.45) is 5.73 Å². The van der Waals surface area contributed by atoms with E-state index in [-0.39, 0.29) is 35.9 Å². The number of methoxy groups -OCH3 is 1. The summed E-state index contributed by atoms with van der Waals surface area (Å²) in [4.78, 5) is 27.3. The molecule has 1 amide bonds. The molecule has 0 radical (unpaired) electrons. The lowest BCUT2D eigenvalue weighted by Crippen LogP contribution is -2.46. The molecule has 0 aliphatic carbocycles. The number of nitrogens with zero attached hydrogens (tertiary/aromatic N) is 3. The number of carbonyl (C=O) groups is 2. The van der Waals surface area contributed by atoms with Gasteiger partial charge in [-0.05, 0) is 6.07 Å². The van der Waals surface area contributed by atoms with E-state index in [2.05, 4.69) is 16.8 Å². The molecule has 9 heteroatoms. The van der Waals surface area contributed by atoms with Gasteiger partial charge >= 0.3 is 5.97 Å². The number of hydrogen-bond donors (Lipinski definition) is 2. The van der Waals surface area contributed by atoms with E-state index in [0.717, 1.165) is 0 Å². The van der Waals surface area contributed by atoms with Crippen LogP contribution in [0.15, 0.2) is 48.4 Å². The largest absolute Gasteiger partial charge is 0.469 e. The summed E-state index contributed by atoms with van der Waals surface area (Å²) in [6, 6.07) is 9.15. The van der Waals surface area contributed by atoms with Crippen LogP contribution in [0.25, 0.3) is 0 Å². The zero-order valence-corrected chi connectivity index (χ0v) is 15.6. The number of nitriles is 1. The summed E-state index contributed by atoms with van der Waals surface area (Å²) in [5.41, 5.74) is 6.18. The summed E-state index contributed by atoms with van der Waals surface area (Å²) < 4.78 is 10.3. The minimum Gasteiger partial charge on any atom is -0.469 e. The number of anilines is 1. The minimum atomic E-state index is -1.58. The first-order valence-corrected chi connectivity index (χ1v) is 8.75. The highest BCUT2D eigenvalue weighted by atomic mass is 16.5. The van der Waals surface area contributed by atoms with Crippen LogP contribution in [0.3, 0.4) is 0 Å². The van der Waals surface area contributed by atoms with Crippen molar-refractivity contribution in [1.29, 1.82) is 5.26 Å². The highest BCUT2D eigenvalue weighted by Crippen LogP contribution is 2.55. The van der Waals surface area contributed by atoms with Gasteiger partial charge in [-0.3, -0.25) is 14.7 Å². The topological polar surface area (TPSA) is 134 Å². The zero-order chi connectivity index (χ0) is 20.8. The lowest BCUT2D eigenvalue weighted by molar-refractivity contribution is -0.139. The third-order valence-corrected chi connectivity index (χ3v) is 5.15. The molecule has 2 aliphatic rings. The summed E-state index contributed by atoms with van der Waals surface area (Å²) in [7, 11) is 1.26. The zero-order valence-electron chi connectivity index (χ0n) is 15.6. The highest BCUT2D eigenvalue weighted by molar-refractivity contribution is 6.14. The van der Waals surface area contributed by atoms with Crippen LogP contribution in [-0.2, 0) is 26.2 Å². The maximum absolute atomic E-state index is 13.8. The van der Waals surface area contributed by atoms with Gasteiger partial charge in [0.25, 0.3) is 0 Å². The van der Waals surface area contributed by atoms with Gasteiger partial charge in [-0.15, -0.1) is 11.7 Å². The predicted octanol–water partition coefficient (Wildman–Crippen LogP) is 1.03. The number of nitrogens with two attached hydrogens (primary N) is 1. The van der Waals surface area contributed by atoms with Gasteiger partial charge in [-0.2, -0.15) is 5.26 Å². The normalized spacial score (nSPS) is 19.4. The molecule has 0 saturated heterocycles. The van der Waals surface area contributed by atoms with E-state index in [1.165, 1.54) is 12.0 Å². The SMILES string of the molecule is C=CCN1C(=O)C2(C(C#N)=C(N)Oc3n[nH]c(CC(=O)OC)c32)c2ccccc21. The van der Waals surface area contributed by atoms with Crippen molar-refractivity contribution in [2.75, 3.05) is 18.6 Å². The summed E-state index contributed by atoms with van der Waals surface area (Å²) in [5.74, 6) is -1.09. The fourth-order valence-corrected chi connectivity index (χ4v) is 4.01. The summed E-state index contributed by atoms with van der Waals surface area (Å²) in [6.45, 7) is 3.95. The first-order chi connectivity index (χ1) is 14.0. The molecular weight excluding hydrogens is 374 g/mol. The Labute approximate surface area is 166 Å². The molecule has 1 unspecified atom stereocenters. The smallest absolute Gasteiger partial charge is 0.311 e. The number of aromatic nitrogens is 2. The van der Waals surface area contributed by atoms with Gasteiger partial charge in [0, 0.05) is 17.8 Å². The van der Waals surface area contributed by atoms with Crippen molar-refractivity contribution in [2.45, 2.75) is 11.8 Å². The monoisotopic (exact) mass is 391 g/mol. The Kier molecular flexibility index (Phi) is 4.12. The Hall–Kier alpha value is -4.06. The average molecular weight is 391 g/mol. The standard InChI is InChI=1S/C20H17N5O4/c1-3-8-25-14-7-5-4-6-11(14)20(19(25)27)12(10-21)17(22)29-18-16(20)13(23-24-18)9-15(26)28-2/h3-7H,1,8-9,22H2,2H3,(H,23,24). The molecule has 1 atom stereocenters. The van der Waals surface area contributed by atoms with Crippen LogP contribution in [0.5, 0.6) is 5.88 Å². The van der Waals surface area contributed by atoms with Crippen molar-refractivity contribution in [3.8, 4) is 11.9 Å². The number of aromatic amines is 1. The fraction of sp³-hybridized carbons (Fsp3) is 0.200. The van der Waals surface area contributed by atoms with Gasteiger partial charge in [0.1, 0.15) is 17.1 Å². The Morgan fingerprint density at radius 3 is 2.97 bits per heavy atom. The number of esters is 1. The molecule has 2 aromatic rings. The van der Waals surface area contributed by atoms with E-state index in [1.807, 2.05) is 6.07 Å². The quantitative estimate of drug-likeness (QED) is 0.587. The predicted molar refractivity (Wildman–Crippen MR) is 102 cm³/mol. The molecule has 1 spiro atoms. The second kappa shape index (κ2) is 6.53. The summed E-state index contributed by atoms with van der Waals surface area (Å²) in [5, 5.41) is 16.8. The van der Waals surface area contributed by atoms with E-state index >= 15 is 0 Å². The van der Waals surface area contributed by atoms with Gasteiger partial charge in [0.05, 0.1) is 24.8 Å². The molecule has 146 valence electrons. The van der Waals surface area contributed by atoms with Crippen molar-refractivity contribution in [3.63, 3.8) is 0 Å². The van der Waals surface area contributed by atoms with Gasteiger partial charge in [0.2, 0.25) is 17.7 Å². The number of benzene rings is 1. The maximum atomic E-state index is 13.8. The third-order valence-electron chi connectivity index (χ3n) is 5.15. The number of hydrogen-bond acceptors (Lipinski definition) is 7. The molecule has 0 fully saturated rings. The Morgan fingerprint density at radius 1 is 1.52 bits per heavy atom. The van der Waals surface area contributed by atoms with E-state index in [9.17, 15) is 14.9 Å². The molecule has 2 aliphatic heterocycles. The van der Waals surface area contributed by atoms with Crippen LogP contribution in [0, 0.1) is 11.3 Å². The first-order valence-electron chi connectivity index (χ1n) is 8.75. The highest BCUT2D eigenvalue weighted by Gasteiger charge is 2.60. The Bertz CT molecular complexity index is 1130. The molecular formula is C20H17N5O4. The lowest BCUT2D eigenvalue weighted by Gasteiger charge is -2.32. The summed E-state index contributed by atoms with van der Waals surface area (Å²) >= 11 is 0. The first kappa shape index (κ1) is 18.3. The number of nitrogens with one attached hydrogen (secondary N) is 1. The number of ether oxygens (including phenoxy) is 2. The van der Waals surface area contributed by atoms with Crippen molar-refractivity contribution in [3.05, 3.63) is 65.2 Å². The Balaban J connectivity index is 2.08. The number of para-hydroxylation sites is 1. The van der Waals surface area contributed by atoms with Crippen molar-refractivity contribution in [1.82, 2.24) is 10.2 Å². The number of fused-ring (bicyclic) bond motifs is 4. The third kappa shape index (κ3) is 2.29. The number of H-pyrrole nitrogens is 1. The number of amides is 1. The lowest BCUT2D eigenvalue weighted by atomic mass is 9.69. The molecule has 9 nitrogen and oxygen atoms in total. The molecule has 4 rings (SSSR count). The van der Waals surface area contributed by atoms with Gasteiger partial charge in [-0.1, -0.05) is 24.3 Å². The van der Waals surface area contributed by atoms with E-state index < -0.39 is 17.3 Å². The van der Waals surface area contributed by atoms with E-state index in [1.54, 1.807) is 30.3 Å². The van der Waals surface area contributed by atoms with Crippen LogP contribution in [0.4, 0.5) is 5.69 Å². The second-order valence-corrected chi connectivity index (χ2v) is 6.56. The minimum absolute atomic E-state index is 0.0454. The second-order valence-electron chi connectivity index (χ2n) is 6.56. The molecule has 3 N–H and O–H groups in total. The van der Waals surface area contributed by atoms with Crippen LogP contribution in [0.2, 0.25) is 0 Å². The molecule has 1 aromatic heterocycles. The fourth-order valence-electron chi connectivity index (χ4n) is 4.01. The summed E-state index contributed by atoms with van der Waals surface area (Å²) in [6.07, 6.45) is 1.41. The van der Waals surface area contributed by atoms with Crippen LogP contribution in [-0.4, -0.2) is 35.7 Å². The Morgan fingerprint density at radius 2 is 2.28 bits per heavy atom. The van der Waals surface area contributed by atoms with Crippen LogP contribution in [0.1, 0.15) is 16.8 Å². The molecule has 0 bridgehead atoms. The van der Waals surface area contributed by atoms with Gasteiger partial charge in [-0.25, -0.2) is 0 Å². The molecule has 1 aromatic carbocycles. The molecule has 29 heavy (non-hydrogen) atoms. The number of rotatable bonds is 4. The van der Waals surface area contributed by atoms with Crippen molar-refractivity contribution >= 4 is 17.6 Å². The van der Waals surface area contributed by atoms with Crippen LogP contribution >= 0.6 is 0 Å². The molecule has 0 saturated carbocycles. The molecule has 3 heterocycles. The van der Waals surface area contributed by atoms with E-state index in [0.29, 0.717) is 16.9 Å².